The Hall–Kier alpha value is -2.68. The van der Waals surface area contributed by atoms with Crippen molar-refractivity contribution in [3.8, 4) is 17.2 Å². The molecule has 0 saturated heterocycles. The van der Waals surface area contributed by atoms with Crippen LogP contribution in [0.1, 0.15) is 11.3 Å². The molecule has 2 rings (SSSR count). The highest BCUT2D eigenvalue weighted by Gasteiger charge is 2.14. The summed E-state index contributed by atoms with van der Waals surface area (Å²) in [5.41, 5.74) is 0.459. The molecule has 0 fully saturated rings. The van der Waals surface area contributed by atoms with E-state index < -0.39 is 5.56 Å². The molecule has 0 unspecified atom stereocenters. The average molecular weight is 336 g/mol. The maximum absolute atomic E-state index is 12.0. The lowest BCUT2D eigenvalue weighted by Gasteiger charge is -2.13. The molecule has 0 bridgehead atoms. The molecular weight excluding hydrogens is 320 g/mol. The normalized spacial score (nSPS) is 10.8. The number of aromatic nitrogens is 3. The summed E-state index contributed by atoms with van der Waals surface area (Å²) in [5.74, 6) is 1.39. The van der Waals surface area contributed by atoms with E-state index in [0.717, 1.165) is 4.68 Å². The fraction of sp³-hybridized carbons (Fsp3) is 0.286. The van der Waals surface area contributed by atoms with Gasteiger partial charge in [-0.2, -0.15) is 14.9 Å². The number of ether oxygens (including phenoxy) is 3. The van der Waals surface area contributed by atoms with Gasteiger partial charge in [0.25, 0.3) is 5.56 Å². The molecule has 0 aliphatic heterocycles. The number of methoxy groups -OCH3 is 3. The van der Waals surface area contributed by atoms with Crippen molar-refractivity contribution in [3.05, 3.63) is 38.5 Å². The zero-order valence-corrected chi connectivity index (χ0v) is 13.9. The van der Waals surface area contributed by atoms with Gasteiger partial charge in [0.05, 0.1) is 27.5 Å². The second kappa shape index (κ2) is 7.05. The lowest BCUT2D eigenvalue weighted by Crippen LogP contribution is -2.22. The van der Waals surface area contributed by atoms with Crippen LogP contribution in [-0.4, -0.2) is 42.4 Å². The fourth-order valence-corrected chi connectivity index (χ4v) is 2.10. The SMILES string of the molecule is COc1ccc(C=Nn2c(=S)[nH]nc(C)c2=O)c(OC)c1OC. The molecule has 1 aromatic heterocycles. The molecule has 0 spiro atoms. The third-order valence-corrected chi connectivity index (χ3v) is 3.32. The molecule has 23 heavy (non-hydrogen) atoms. The van der Waals surface area contributed by atoms with Crippen molar-refractivity contribution in [3.63, 3.8) is 0 Å². The number of nitrogens with one attached hydrogen (secondary N) is 1. The fourth-order valence-electron chi connectivity index (χ4n) is 1.92. The number of rotatable bonds is 5. The van der Waals surface area contributed by atoms with Gasteiger partial charge >= 0.3 is 0 Å². The summed E-state index contributed by atoms with van der Waals surface area (Å²) in [6, 6.07) is 3.44. The van der Waals surface area contributed by atoms with Gasteiger partial charge in [0.2, 0.25) is 10.5 Å². The van der Waals surface area contributed by atoms with Crippen LogP contribution in [0.25, 0.3) is 0 Å². The first-order valence-corrected chi connectivity index (χ1v) is 6.96. The van der Waals surface area contributed by atoms with Gasteiger partial charge in [-0.3, -0.25) is 9.89 Å². The third kappa shape index (κ3) is 3.24. The summed E-state index contributed by atoms with van der Waals surface area (Å²) in [7, 11) is 4.54. The molecule has 2 aromatic rings. The van der Waals surface area contributed by atoms with Gasteiger partial charge in [0, 0.05) is 5.56 Å². The van der Waals surface area contributed by atoms with Crippen LogP contribution >= 0.6 is 12.2 Å². The highest BCUT2D eigenvalue weighted by molar-refractivity contribution is 7.71. The second-order valence-corrected chi connectivity index (χ2v) is 4.79. The van der Waals surface area contributed by atoms with Gasteiger partial charge in [-0.05, 0) is 31.3 Å². The van der Waals surface area contributed by atoms with Crippen molar-refractivity contribution in [1.82, 2.24) is 14.9 Å². The number of hydrogen-bond donors (Lipinski definition) is 1. The van der Waals surface area contributed by atoms with Crippen LogP contribution in [0.2, 0.25) is 0 Å². The number of aromatic amines is 1. The molecule has 1 aromatic carbocycles. The number of hydrogen-bond acceptors (Lipinski definition) is 7. The van der Waals surface area contributed by atoms with Crippen molar-refractivity contribution in [2.45, 2.75) is 6.92 Å². The molecule has 0 amide bonds. The first-order valence-electron chi connectivity index (χ1n) is 6.55. The molecular formula is C14H16N4O4S. The zero-order chi connectivity index (χ0) is 17.0. The number of nitrogens with zero attached hydrogens (tertiary/aromatic N) is 3. The van der Waals surface area contributed by atoms with E-state index in [0.29, 0.717) is 22.8 Å². The summed E-state index contributed by atoms with van der Waals surface area (Å²) < 4.78 is 17.0. The Bertz CT molecular complexity index is 857. The van der Waals surface area contributed by atoms with Crippen LogP contribution in [0.5, 0.6) is 17.2 Å². The maximum Gasteiger partial charge on any atom is 0.296 e. The standard InChI is InChI=1S/C14H16N4O4S/c1-8-13(19)18(14(23)17-16-8)15-7-9-5-6-10(20-2)12(22-4)11(9)21-3/h5-7H,1-4H3,(H,17,23). The van der Waals surface area contributed by atoms with E-state index in [-0.39, 0.29) is 10.5 Å². The Morgan fingerprint density at radius 1 is 1.22 bits per heavy atom. The minimum atomic E-state index is -0.399. The van der Waals surface area contributed by atoms with Crippen LogP contribution in [0.3, 0.4) is 0 Å². The minimum absolute atomic E-state index is 0.0938. The van der Waals surface area contributed by atoms with Crippen molar-refractivity contribution in [1.29, 1.82) is 0 Å². The first-order chi connectivity index (χ1) is 11.0. The van der Waals surface area contributed by atoms with Crippen LogP contribution in [0.15, 0.2) is 22.0 Å². The lowest BCUT2D eigenvalue weighted by molar-refractivity contribution is 0.324. The molecule has 0 aliphatic rings. The third-order valence-electron chi connectivity index (χ3n) is 3.06. The van der Waals surface area contributed by atoms with Gasteiger partial charge in [-0.1, -0.05) is 0 Å². The van der Waals surface area contributed by atoms with Gasteiger partial charge in [-0.15, -0.1) is 0 Å². The van der Waals surface area contributed by atoms with Gasteiger partial charge in [0.1, 0.15) is 5.69 Å². The van der Waals surface area contributed by atoms with Gasteiger partial charge in [-0.25, -0.2) is 0 Å². The monoisotopic (exact) mass is 336 g/mol. The Morgan fingerprint density at radius 2 is 1.91 bits per heavy atom. The molecule has 0 radical (unpaired) electrons. The topological polar surface area (TPSA) is 90.7 Å². The summed E-state index contributed by atoms with van der Waals surface area (Å²) >= 11 is 5.02. The van der Waals surface area contributed by atoms with Gasteiger partial charge < -0.3 is 14.2 Å². The van der Waals surface area contributed by atoms with Crippen LogP contribution in [0, 0.1) is 11.7 Å². The number of benzene rings is 1. The van der Waals surface area contributed by atoms with Crippen molar-refractivity contribution < 1.29 is 14.2 Å². The van der Waals surface area contributed by atoms with Crippen LogP contribution in [-0.2, 0) is 0 Å². The van der Waals surface area contributed by atoms with Crippen LogP contribution < -0.4 is 19.8 Å². The summed E-state index contributed by atoms with van der Waals surface area (Å²) in [5, 5.41) is 10.4. The molecule has 0 aliphatic carbocycles. The summed E-state index contributed by atoms with van der Waals surface area (Å²) in [6.07, 6.45) is 1.45. The Kier molecular flexibility index (Phi) is 5.12. The Labute approximate surface area is 137 Å². The van der Waals surface area contributed by atoms with Crippen LogP contribution in [0.4, 0.5) is 0 Å². The first kappa shape index (κ1) is 16.7. The van der Waals surface area contributed by atoms with E-state index in [1.165, 1.54) is 27.5 Å². The zero-order valence-electron chi connectivity index (χ0n) is 13.1. The van der Waals surface area contributed by atoms with Crippen molar-refractivity contribution >= 4 is 18.4 Å². The molecule has 0 saturated carbocycles. The predicted molar refractivity (Wildman–Crippen MR) is 87.5 cm³/mol. The van der Waals surface area contributed by atoms with E-state index in [4.69, 9.17) is 26.4 Å². The quantitative estimate of drug-likeness (QED) is 0.657. The smallest absolute Gasteiger partial charge is 0.296 e. The average Bonchev–Trinajstić information content (AvgIpc) is 2.57. The van der Waals surface area contributed by atoms with E-state index in [1.54, 1.807) is 19.1 Å². The molecule has 9 heteroatoms. The van der Waals surface area contributed by atoms with Gasteiger partial charge in [0.15, 0.2) is 11.5 Å². The maximum atomic E-state index is 12.0. The van der Waals surface area contributed by atoms with E-state index in [9.17, 15) is 4.79 Å². The van der Waals surface area contributed by atoms with E-state index in [2.05, 4.69) is 15.3 Å². The second-order valence-electron chi connectivity index (χ2n) is 4.40. The Morgan fingerprint density at radius 3 is 2.52 bits per heavy atom. The molecule has 122 valence electrons. The summed E-state index contributed by atoms with van der Waals surface area (Å²) in [4.78, 5) is 12.0. The molecule has 0 atom stereocenters. The molecule has 1 N–H and O–H groups in total. The molecule has 8 nitrogen and oxygen atoms in total. The van der Waals surface area contributed by atoms with Crippen molar-refractivity contribution in [2.75, 3.05) is 21.3 Å². The van der Waals surface area contributed by atoms with E-state index in [1.807, 2.05) is 0 Å². The Balaban J connectivity index is 2.55. The van der Waals surface area contributed by atoms with Crippen molar-refractivity contribution in [2.24, 2.45) is 5.10 Å². The highest BCUT2D eigenvalue weighted by atomic mass is 32.1. The largest absolute Gasteiger partial charge is 0.493 e. The molecule has 1 heterocycles. The van der Waals surface area contributed by atoms with E-state index >= 15 is 0 Å². The predicted octanol–water partition coefficient (Wildman–Crippen LogP) is 1.52. The summed E-state index contributed by atoms with van der Waals surface area (Å²) in [6.45, 7) is 1.57. The lowest BCUT2D eigenvalue weighted by atomic mass is 10.2. The highest BCUT2D eigenvalue weighted by Crippen LogP contribution is 2.38. The number of H-pyrrole nitrogens is 1. The number of aryl methyl sites for hydroxylation is 1. The minimum Gasteiger partial charge on any atom is -0.493 e.